The van der Waals surface area contributed by atoms with Gasteiger partial charge in [0, 0.05) is 11.8 Å². The van der Waals surface area contributed by atoms with Gasteiger partial charge in [-0.2, -0.15) is 0 Å². The van der Waals surface area contributed by atoms with Gasteiger partial charge in [-0.15, -0.1) is 0 Å². The number of carbonyl (C=O) groups excluding carboxylic acids is 1. The molecule has 0 bridgehead atoms. The number of ether oxygens (including phenoxy) is 1. The van der Waals surface area contributed by atoms with Crippen molar-refractivity contribution in [2.45, 2.75) is 130 Å². The third-order valence-electron chi connectivity index (χ3n) is 13.5. The molecule has 0 radical (unpaired) electrons. The van der Waals surface area contributed by atoms with Crippen LogP contribution in [0.15, 0.2) is 0 Å². The number of aliphatic hydroxyl groups excluding tert-OH is 1. The second-order valence-corrected chi connectivity index (χ2v) is 15.5. The number of rotatable bonds is 0. The molecule has 0 unspecified atom stereocenters. The fourth-order valence-corrected chi connectivity index (χ4v) is 11.8. The summed E-state index contributed by atoms with van der Waals surface area (Å²) in [4.78, 5) is 12.9. The minimum atomic E-state index is -0.186. The Bertz CT molecular complexity index is 876. The molecule has 1 aliphatic heterocycles. The Kier molecular flexibility index (Phi) is 4.51. The first kappa shape index (κ1) is 23.0. The Morgan fingerprint density at radius 1 is 0.788 bits per heavy atom. The summed E-state index contributed by atoms with van der Waals surface area (Å²) in [5.74, 6) is 2.86. The lowest BCUT2D eigenvalue weighted by Crippen LogP contribution is -2.59. The molecular weight excluding hydrogens is 408 g/mol. The lowest BCUT2D eigenvalue weighted by atomic mass is 9.42. The van der Waals surface area contributed by atoms with Gasteiger partial charge < -0.3 is 9.84 Å². The zero-order valence-corrected chi connectivity index (χ0v) is 22.3. The molecule has 1 saturated heterocycles. The molecule has 3 nitrogen and oxygen atoms in total. The number of Topliss-reactive ketones (excluding diaryl/α,β-unsaturated/α-hetero) is 1. The number of hydrogen-bond acceptors (Lipinski definition) is 3. The monoisotopic (exact) mass is 456 g/mol. The van der Waals surface area contributed by atoms with E-state index in [1.807, 2.05) is 0 Å². The summed E-state index contributed by atoms with van der Waals surface area (Å²) in [5, 5.41) is 10.9. The molecule has 5 aliphatic carbocycles. The van der Waals surface area contributed by atoms with E-state index in [1.54, 1.807) is 0 Å². The molecule has 1 spiro atoms. The van der Waals surface area contributed by atoms with E-state index in [-0.39, 0.29) is 33.4 Å². The van der Waals surface area contributed by atoms with Crippen molar-refractivity contribution in [3.63, 3.8) is 0 Å². The van der Waals surface area contributed by atoms with E-state index in [1.165, 1.54) is 32.1 Å². The van der Waals surface area contributed by atoms with Crippen LogP contribution in [0.4, 0.5) is 0 Å². The van der Waals surface area contributed by atoms with E-state index in [0.717, 1.165) is 32.1 Å². The lowest BCUT2D eigenvalue weighted by molar-refractivity contribution is -0.161. The van der Waals surface area contributed by atoms with Crippen LogP contribution in [0.5, 0.6) is 0 Å². The van der Waals surface area contributed by atoms with E-state index in [9.17, 15) is 9.90 Å². The highest BCUT2D eigenvalue weighted by molar-refractivity contribution is 5.85. The van der Waals surface area contributed by atoms with Gasteiger partial charge in [0.05, 0.1) is 17.8 Å². The number of epoxide rings is 1. The summed E-state index contributed by atoms with van der Waals surface area (Å²) < 4.78 is 6.84. The van der Waals surface area contributed by atoms with Gasteiger partial charge in [-0.25, -0.2) is 0 Å². The van der Waals surface area contributed by atoms with E-state index >= 15 is 0 Å². The summed E-state index contributed by atoms with van der Waals surface area (Å²) >= 11 is 0. The molecule has 3 heteroatoms. The van der Waals surface area contributed by atoms with Gasteiger partial charge in [0.1, 0.15) is 5.78 Å². The summed E-state index contributed by atoms with van der Waals surface area (Å²) in [5.41, 5.74) is 0.723. The Morgan fingerprint density at radius 3 is 2.18 bits per heavy atom. The van der Waals surface area contributed by atoms with Crippen LogP contribution < -0.4 is 0 Å². The van der Waals surface area contributed by atoms with Gasteiger partial charge in [0.2, 0.25) is 0 Å². The summed E-state index contributed by atoms with van der Waals surface area (Å²) in [6, 6.07) is 0. The van der Waals surface area contributed by atoms with Crippen LogP contribution in [-0.4, -0.2) is 28.7 Å². The SMILES string of the molecule is CC1(C)C(=O)CC[C@@]2(C)[C@H]1CC[C@@]1(C)C[C@@]34O[C@@H]3C[C@H]3C(C)(C)[C@H](O)CC[C@]3(C)[C@H]4CC[C@@H]12. The maximum absolute atomic E-state index is 12.9. The molecule has 1 N–H and O–H groups in total. The van der Waals surface area contributed by atoms with Crippen LogP contribution in [-0.2, 0) is 9.53 Å². The molecule has 5 saturated carbocycles. The molecule has 0 aromatic rings. The molecular formula is C30H48O3. The Labute approximate surface area is 201 Å². The fourth-order valence-electron chi connectivity index (χ4n) is 11.8. The van der Waals surface area contributed by atoms with Crippen molar-refractivity contribution in [1.82, 2.24) is 0 Å². The van der Waals surface area contributed by atoms with Crippen molar-refractivity contribution in [2.24, 2.45) is 50.7 Å². The van der Waals surface area contributed by atoms with Gasteiger partial charge in [-0.3, -0.25) is 4.79 Å². The summed E-state index contributed by atoms with van der Waals surface area (Å²) in [7, 11) is 0. The van der Waals surface area contributed by atoms with E-state index in [2.05, 4.69) is 48.5 Å². The number of carbonyl (C=O) groups is 1. The Morgan fingerprint density at radius 2 is 1.45 bits per heavy atom. The number of hydrogen-bond donors (Lipinski definition) is 1. The number of aliphatic hydroxyl groups is 1. The molecule has 33 heavy (non-hydrogen) atoms. The topological polar surface area (TPSA) is 49.8 Å². The molecule has 6 fully saturated rings. The standard InChI is InChI=1S/C30H48O3/c1-25(2)18-10-13-27(5)17-30-20(9-8-19(27)28(18,6)14-11-22(25)31)29(7)15-12-23(32)26(3,4)21(29)16-24(30)33-30/h18-21,23-24,32H,8-17H2,1-7H3/t18-,19-,20+,21-,23+,24+,27-,28-,29+,30-/m0/s1. The van der Waals surface area contributed by atoms with E-state index in [0.29, 0.717) is 41.0 Å². The van der Waals surface area contributed by atoms with Crippen molar-refractivity contribution >= 4 is 5.78 Å². The molecule has 0 amide bonds. The molecule has 0 aromatic heterocycles. The van der Waals surface area contributed by atoms with E-state index in [4.69, 9.17) is 4.74 Å². The fraction of sp³-hybridized carbons (Fsp3) is 0.967. The first-order valence-electron chi connectivity index (χ1n) is 14.1. The molecule has 6 aliphatic rings. The minimum Gasteiger partial charge on any atom is -0.393 e. The first-order valence-corrected chi connectivity index (χ1v) is 14.1. The van der Waals surface area contributed by atoms with Crippen LogP contribution in [0.3, 0.4) is 0 Å². The van der Waals surface area contributed by atoms with Gasteiger partial charge in [-0.05, 0) is 103 Å². The lowest BCUT2D eigenvalue weighted by Gasteiger charge is -2.62. The smallest absolute Gasteiger partial charge is 0.138 e. The minimum absolute atomic E-state index is 0.0289. The Balaban J connectivity index is 1.38. The van der Waals surface area contributed by atoms with Crippen LogP contribution in [0.2, 0.25) is 0 Å². The number of ketones is 1. The maximum Gasteiger partial charge on any atom is 0.138 e. The predicted molar refractivity (Wildman–Crippen MR) is 131 cm³/mol. The largest absolute Gasteiger partial charge is 0.393 e. The summed E-state index contributed by atoms with van der Waals surface area (Å²) in [6.45, 7) is 16.9. The van der Waals surface area contributed by atoms with Crippen molar-refractivity contribution in [1.29, 1.82) is 0 Å². The van der Waals surface area contributed by atoms with Crippen molar-refractivity contribution in [2.75, 3.05) is 0 Å². The quantitative estimate of drug-likeness (QED) is 0.420. The maximum atomic E-state index is 12.9. The highest BCUT2D eigenvalue weighted by atomic mass is 16.6. The van der Waals surface area contributed by atoms with Crippen molar-refractivity contribution in [3.8, 4) is 0 Å². The van der Waals surface area contributed by atoms with Crippen LogP contribution >= 0.6 is 0 Å². The van der Waals surface area contributed by atoms with Gasteiger partial charge in [0.15, 0.2) is 0 Å². The zero-order chi connectivity index (χ0) is 23.8. The van der Waals surface area contributed by atoms with Crippen LogP contribution in [0.1, 0.15) is 113 Å². The molecule has 0 aromatic carbocycles. The van der Waals surface area contributed by atoms with Gasteiger partial charge in [0.25, 0.3) is 0 Å². The highest BCUT2D eigenvalue weighted by Gasteiger charge is 2.76. The Hall–Kier alpha value is -0.410. The third kappa shape index (κ3) is 2.68. The molecule has 6 rings (SSSR count). The second-order valence-electron chi connectivity index (χ2n) is 15.5. The van der Waals surface area contributed by atoms with Crippen molar-refractivity contribution in [3.05, 3.63) is 0 Å². The molecule has 10 atom stereocenters. The number of fused-ring (bicyclic) bond motifs is 5. The van der Waals surface area contributed by atoms with Crippen molar-refractivity contribution < 1.29 is 14.6 Å². The predicted octanol–water partition coefficient (Wildman–Crippen LogP) is 6.56. The normalized spacial score (nSPS) is 58.6. The average molecular weight is 457 g/mol. The second kappa shape index (κ2) is 6.47. The van der Waals surface area contributed by atoms with E-state index < -0.39 is 0 Å². The average Bonchev–Trinajstić information content (AvgIpc) is 3.43. The van der Waals surface area contributed by atoms with Gasteiger partial charge >= 0.3 is 0 Å². The summed E-state index contributed by atoms with van der Waals surface area (Å²) in [6.07, 6.45) is 11.5. The zero-order valence-electron chi connectivity index (χ0n) is 22.3. The first-order chi connectivity index (χ1) is 15.2. The van der Waals surface area contributed by atoms with Crippen LogP contribution in [0.25, 0.3) is 0 Å². The molecule has 186 valence electrons. The van der Waals surface area contributed by atoms with Gasteiger partial charge in [-0.1, -0.05) is 48.5 Å². The highest BCUT2D eigenvalue weighted by Crippen LogP contribution is 2.75. The van der Waals surface area contributed by atoms with Crippen LogP contribution in [0, 0.1) is 50.7 Å². The molecule has 1 heterocycles. The third-order valence-corrected chi connectivity index (χ3v) is 13.5.